The topological polar surface area (TPSA) is 98.5 Å². The number of ether oxygens (including phenoxy) is 1. The molecule has 0 aliphatic carbocycles. The lowest BCUT2D eigenvalue weighted by atomic mass is 10.2. The lowest BCUT2D eigenvalue weighted by Crippen LogP contribution is -2.15. The van der Waals surface area contributed by atoms with Gasteiger partial charge in [-0.05, 0) is 24.6 Å². The monoisotopic (exact) mass is 306 g/mol. The second kappa shape index (κ2) is 6.85. The molecule has 1 aromatic carbocycles. The van der Waals surface area contributed by atoms with E-state index in [4.69, 9.17) is 21.5 Å². The van der Waals surface area contributed by atoms with Crippen LogP contribution in [-0.2, 0) is 19.6 Å². The van der Waals surface area contributed by atoms with E-state index in [0.29, 0.717) is 13.0 Å². The highest BCUT2D eigenvalue weighted by atomic mass is 35.5. The quantitative estimate of drug-likeness (QED) is 0.775. The average molecular weight is 307 g/mol. The van der Waals surface area contributed by atoms with Crippen molar-refractivity contribution in [2.24, 2.45) is 5.14 Å². The standard InChI is InChI=1S/C11H15ClN2O4S/c1-18-6-2-3-11(15)14-10-7-8(19(13,16)17)4-5-9(10)12/h4-5,7H,2-3,6H2,1H3,(H,14,15)(H2,13,16,17). The summed E-state index contributed by atoms with van der Waals surface area (Å²) >= 11 is 5.88. The molecule has 1 rings (SSSR count). The second-order valence-corrected chi connectivity index (χ2v) is 5.80. The van der Waals surface area contributed by atoms with E-state index in [-0.39, 0.29) is 27.9 Å². The molecule has 6 nitrogen and oxygen atoms in total. The molecule has 0 unspecified atom stereocenters. The Labute approximate surface area is 116 Å². The van der Waals surface area contributed by atoms with Crippen LogP contribution in [0.5, 0.6) is 0 Å². The predicted molar refractivity (Wildman–Crippen MR) is 72.6 cm³/mol. The minimum Gasteiger partial charge on any atom is -0.385 e. The van der Waals surface area contributed by atoms with Crippen LogP contribution in [0.25, 0.3) is 0 Å². The van der Waals surface area contributed by atoms with Crippen LogP contribution in [0.1, 0.15) is 12.8 Å². The number of carbonyl (C=O) groups is 1. The zero-order valence-electron chi connectivity index (χ0n) is 10.3. The molecule has 1 aromatic rings. The van der Waals surface area contributed by atoms with Crippen molar-refractivity contribution in [1.29, 1.82) is 0 Å². The van der Waals surface area contributed by atoms with Gasteiger partial charge in [0.1, 0.15) is 0 Å². The van der Waals surface area contributed by atoms with Gasteiger partial charge in [-0.3, -0.25) is 4.79 Å². The van der Waals surface area contributed by atoms with Gasteiger partial charge in [-0.15, -0.1) is 0 Å². The van der Waals surface area contributed by atoms with Gasteiger partial charge in [-0.2, -0.15) is 0 Å². The molecule has 0 heterocycles. The SMILES string of the molecule is COCCCC(=O)Nc1cc(S(N)(=O)=O)ccc1Cl. The van der Waals surface area contributed by atoms with Crippen molar-refractivity contribution in [1.82, 2.24) is 0 Å². The zero-order chi connectivity index (χ0) is 14.5. The Morgan fingerprint density at radius 3 is 2.74 bits per heavy atom. The van der Waals surface area contributed by atoms with Crippen molar-refractivity contribution in [3.05, 3.63) is 23.2 Å². The molecule has 0 fully saturated rings. The van der Waals surface area contributed by atoms with Gasteiger partial charge in [-0.25, -0.2) is 13.6 Å². The van der Waals surface area contributed by atoms with E-state index < -0.39 is 10.0 Å². The van der Waals surface area contributed by atoms with Crippen LogP contribution in [0.4, 0.5) is 5.69 Å². The molecule has 0 aromatic heterocycles. The van der Waals surface area contributed by atoms with Crippen molar-refractivity contribution in [3.63, 3.8) is 0 Å². The molecule has 0 radical (unpaired) electrons. The number of benzene rings is 1. The van der Waals surface area contributed by atoms with Gasteiger partial charge in [0.2, 0.25) is 15.9 Å². The summed E-state index contributed by atoms with van der Waals surface area (Å²) in [5.41, 5.74) is 0.218. The van der Waals surface area contributed by atoms with Gasteiger partial charge >= 0.3 is 0 Å². The summed E-state index contributed by atoms with van der Waals surface area (Å²) in [5, 5.41) is 7.78. The fourth-order valence-corrected chi connectivity index (χ4v) is 2.07. The molecule has 3 N–H and O–H groups in total. The maximum absolute atomic E-state index is 11.6. The summed E-state index contributed by atoms with van der Waals surface area (Å²) in [4.78, 5) is 11.5. The number of primary sulfonamides is 1. The smallest absolute Gasteiger partial charge is 0.238 e. The first-order valence-electron chi connectivity index (χ1n) is 5.45. The molecule has 0 aliphatic heterocycles. The van der Waals surface area contributed by atoms with E-state index in [1.165, 1.54) is 18.2 Å². The summed E-state index contributed by atoms with van der Waals surface area (Å²) in [6.07, 6.45) is 0.818. The van der Waals surface area contributed by atoms with Gasteiger partial charge in [0.25, 0.3) is 0 Å². The number of methoxy groups -OCH3 is 1. The molecule has 1 amide bonds. The molecule has 0 saturated heterocycles. The molecule has 19 heavy (non-hydrogen) atoms. The van der Waals surface area contributed by atoms with E-state index in [1.807, 2.05) is 0 Å². The highest BCUT2D eigenvalue weighted by Crippen LogP contribution is 2.24. The molecule has 0 spiro atoms. The second-order valence-electron chi connectivity index (χ2n) is 3.83. The van der Waals surface area contributed by atoms with E-state index >= 15 is 0 Å². The summed E-state index contributed by atoms with van der Waals surface area (Å²) in [6.45, 7) is 0.471. The molecule has 0 bridgehead atoms. The minimum atomic E-state index is -3.83. The molecule has 106 valence electrons. The highest BCUT2D eigenvalue weighted by molar-refractivity contribution is 7.89. The van der Waals surface area contributed by atoms with E-state index in [2.05, 4.69) is 5.32 Å². The van der Waals surface area contributed by atoms with Crippen LogP contribution in [0.2, 0.25) is 5.02 Å². The van der Waals surface area contributed by atoms with E-state index in [0.717, 1.165) is 0 Å². The van der Waals surface area contributed by atoms with Gasteiger partial charge < -0.3 is 10.1 Å². The number of nitrogens with one attached hydrogen (secondary N) is 1. The number of amides is 1. The fourth-order valence-electron chi connectivity index (χ4n) is 1.37. The van der Waals surface area contributed by atoms with Gasteiger partial charge in [0, 0.05) is 20.1 Å². The largest absolute Gasteiger partial charge is 0.385 e. The molecular formula is C11H15ClN2O4S. The molecular weight excluding hydrogens is 292 g/mol. The molecule has 0 saturated carbocycles. The van der Waals surface area contributed by atoms with Crippen molar-refractivity contribution >= 4 is 33.2 Å². The van der Waals surface area contributed by atoms with Gasteiger partial charge in [0.05, 0.1) is 15.6 Å². The van der Waals surface area contributed by atoms with Crippen molar-refractivity contribution in [2.45, 2.75) is 17.7 Å². The number of anilines is 1. The fraction of sp³-hybridized carbons (Fsp3) is 0.364. The van der Waals surface area contributed by atoms with Crippen LogP contribution < -0.4 is 10.5 Å². The number of nitrogens with two attached hydrogens (primary N) is 1. The van der Waals surface area contributed by atoms with Gasteiger partial charge in [-0.1, -0.05) is 11.6 Å². The number of rotatable bonds is 6. The van der Waals surface area contributed by atoms with Crippen LogP contribution >= 0.6 is 11.6 Å². The van der Waals surface area contributed by atoms with E-state index in [9.17, 15) is 13.2 Å². The summed E-state index contributed by atoms with van der Waals surface area (Å²) in [7, 11) is -2.28. The number of carbonyl (C=O) groups excluding carboxylic acids is 1. The Kier molecular flexibility index (Phi) is 5.74. The Balaban J connectivity index is 2.80. The van der Waals surface area contributed by atoms with Crippen molar-refractivity contribution in [2.75, 3.05) is 19.0 Å². The maximum atomic E-state index is 11.6. The van der Waals surface area contributed by atoms with Crippen molar-refractivity contribution in [3.8, 4) is 0 Å². The third kappa shape index (κ3) is 5.15. The Hall–Kier alpha value is -1.15. The number of halogens is 1. The number of hydrogen-bond acceptors (Lipinski definition) is 4. The molecule has 0 aliphatic rings. The highest BCUT2D eigenvalue weighted by Gasteiger charge is 2.12. The van der Waals surface area contributed by atoms with E-state index in [1.54, 1.807) is 7.11 Å². The minimum absolute atomic E-state index is 0.107. The third-order valence-electron chi connectivity index (χ3n) is 2.29. The summed E-state index contributed by atoms with van der Waals surface area (Å²) in [6, 6.07) is 3.87. The normalized spacial score (nSPS) is 11.3. The predicted octanol–water partition coefficient (Wildman–Crippen LogP) is 1.35. The maximum Gasteiger partial charge on any atom is 0.238 e. The van der Waals surface area contributed by atoms with Crippen LogP contribution in [-0.4, -0.2) is 28.0 Å². The van der Waals surface area contributed by atoms with Crippen molar-refractivity contribution < 1.29 is 17.9 Å². The van der Waals surface area contributed by atoms with Crippen LogP contribution in [0, 0.1) is 0 Å². The Morgan fingerprint density at radius 2 is 2.16 bits per heavy atom. The Morgan fingerprint density at radius 1 is 1.47 bits per heavy atom. The van der Waals surface area contributed by atoms with Crippen LogP contribution in [0.15, 0.2) is 23.1 Å². The lowest BCUT2D eigenvalue weighted by Gasteiger charge is -2.08. The average Bonchev–Trinajstić information content (AvgIpc) is 2.31. The van der Waals surface area contributed by atoms with Gasteiger partial charge in [0.15, 0.2) is 0 Å². The summed E-state index contributed by atoms with van der Waals surface area (Å²) < 4.78 is 27.2. The first-order chi connectivity index (χ1) is 8.84. The van der Waals surface area contributed by atoms with Crippen LogP contribution in [0.3, 0.4) is 0 Å². The first kappa shape index (κ1) is 15.9. The number of hydrogen-bond donors (Lipinski definition) is 2. The molecule has 8 heteroatoms. The zero-order valence-corrected chi connectivity index (χ0v) is 11.9. The number of sulfonamides is 1. The third-order valence-corrected chi connectivity index (χ3v) is 3.53. The lowest BCUT2D eigenvalue weighted by molar-refractivity contribution is -0.116. The Bertz CT molecular complexity index is 560. The molecule has 0 atom stereocenters. The summed E-state index contributed by atoms with van der Waals surface area (Å²) in [5.74, 6) is -0.273. The first-order valence-corrected chi connectivity index (χ1v) is 7.38.